The van der Waals surface area contributed by atoms with Gasteiger partial charge in [-0.2, -0.15) is 9.97 Å². The number of nitrogens with zero attached hydrogens (tertiary/aromatic N) is 3. The van der Waals surface area contributed by atoms with Crippen molar-refractivity contribution < 1.29 is 18.9 Å². The van der Waals surface area contributed by atoms with Gasteiger partial charge in [-0.1, -0.05) is 0 Å². The molecule has 0 saturated heterocycles. The Kier molecular flexibility index (Phi) is 8.27. The lowest BCUT2D eigenvalue weighted by Crippen LogP contribution is -2.15. The van der Waals surface area contributed by atoms with Crippen LogP contribution in [0, 0.1) is 0 Å². The lowest BCUT2D eigenvalue weighted by atomic mass is 10.5. The molecule has 0 aliphatic carbocycles. The molecule has 0 saturated carbocycles. The van der Waals surface area contributed by atoms with Crippen LogP contribution in [0.4, 0.5) is 5.95 Å². The summed E-state index contributed by atoms with van der Waals surface area (Å²) in [4.78, 5) is 11.8. The van der Waals surface area contributed by atoms with Crippen LogP contribution in [0.1, 0.15) is 13.3 Å². The minimum Gasteiger partial charge on any atom is -0.464 e. The average molecular weight is 287 g/mol. The molecule has 0 spiro atoms. The van der Waals surface area contributed by atoms with E-state index in [4.69, 9.17) is 24.8 Å². The van der Waals surface area contributed by atoms with E-state index < -0.39 is 0 Å². The van der Waals surface area contributed by atoms with Crippen molar-refractivity contribution in [2.45, 2.75) is 13.3 Å². The molecule has 1 heterocycles. The third kappa shape index (κ3) is 6.45. The number of nitrogens with one attached hydrogen (secondary N) is 1. The summed E-state index contributed by atoms with van der Waals surface area (Å²) in [6, 6.07) is 0.295. The molecule has 0 radical (unpaired) electrons. The van der Waals surface area contributed by atoms with Gasteiger partial charge in [-0.25, -0.2) is 5.84 Å². The summed E-state index contributed by atoms with van der Waals surface area (Å²) >= 11 is 0. The highest BCUT2D eigenvalue weighted by Gasteiger charge is 2.07. The van der Waals surface area contributed by atoms with Gasteiger partial charge in [0, 0.05) is 20.3 Å². The standard InChI is InChI=1S/C11H21N5O4/c1-3-19-10-13-9(16-12)14-11(15-10)20-8-7-18-6-4-5-17-2/h3-8,12H2,1-2H3,(H,13,14,15,16). The second-order valence-corrected chi connectivity index (χ2v) is 3.61. The van der Waals surface area contributed by atoms with Crippen LogP contribution in [-0.4, -0.2) is 55.1 Å². The lowest BCUT2D eigenvalue weighted by Gasteiger charge is -2.08. The average Bonchev–Trinajstić information content (AvgIpc) is 2.46. The molecule has 0 fully saturated rings. The number of hydrogen-bond donors (Lipinski definition) is 2. The Morgan fingerprint density at radius 2 is 1.75 bits per heavy atom. The van der Waals surface area contributed by atoms with Crippen molar-refractivity contribution >= 4 is 5.95 Å². The van der Waals surface area contributed by atoms with E-state index in [1.165, 1.54) is 0 Å². The Morgan fingerprint density at radius 3 is 2.40 bits per heavy atom. The summed E-state index contributed by atoms with van der Waals surface area (Å²) in [7, 11) is 1.66. The summed E-state index contributed by atoms with van der Waals surface area (Å²) in [5.74, 6) is 5.44. The van der Waals surface area contributed by atoms with E-state index in [9.17, 15) is 0 Å². The molecule has 0 aromatic carbocycles. The van der Waals surface area contributed by atoms with Crippen molar-refractivity contribution in [1.82, 2.24) is 15.0 Å². The highest BCUT2D eigenvalue weighted by molar-refractivity contribution is 5.25. The predicted molar refractivity (Wildman–Crippen MR) is 71.6 cm³/mol. The van der Waals surface area contributed by atoms with E-state index in [2.05, 4.69) is 20.4 Å². The minimum absolute atomic E-state index is 0.136. The Hall–Kier alpha value is -1.71. The van der Waals surface area contributed by atoms with E-state index >= 15 is 0 Å². The lowest BCUT2D eigenvalue weighted by molar-refractivity contribution is 0.0780. The fourth-order valence-corrected chi connectivity index (χ4v) is 1.26. The zero-order valence-electron chi connectivity index (χ0n) is 11.8. The van der Waals surface area contributed by atoms with Crippen LogP contribution in [0.3, 0.4) is 0 Å². The van der Waals surface area contributed by atoms with Crippen molar-refractivity contribution in [1.29, 1.82) is 0 Å². The zero-order valence-corrected chi connectivity index (χ0v) is 11.8. The fraction of sp³-hybridized carbons (Fsp3) is 0.727. The molecule has 0 aliphatic heterocycles. The van der Waals surface area contributed by atoms with Crippen molar-refractivity contribution in [3.8, 4) is 12.0 Å². The van der Waals surface area contributed by atoms with Gasteiger partial charge < -0.3 is 18.9 Å². The Morgan fingerprint density at radius 1 is 1.00 bits per heavy atom. The van der Waals surface area contributed by atoms with E-state index in [1.54, 1.807) is 7.11 Å². The number of hydrazine groups is 1. The van der Waals surface area contributed by atoms with Crippen molar-refractivity contribution in [2.75, 3.05) is 45.6 Å². The maximum atomic E-state index is 5.35. The molecule has 0 amide bonds. The van der Waals surface area contributed by atoms with Gasteiger partial charge in [-0.15, -0.1) is 4.98 Å². The normalized spacial score (nSPS) is 10.3. The molecule has 1 aromatic heterocycles. The van der Waals surface area contributed by atoms with Gasteiger partial charge in [-0.05, 0) is 13.3 Å². The summed E-state index contributed by atoms with van der Waals surface area (Å²) in [5.41, 5.74) is 2.32. The maximum Gasteiger partial charge on any atom is 0.324 e. The molecule has 1 aromatic rings. The predicted octanol–water partition coefficient (Wildman–Crippen LogP) is -0.0122. The van der Waals surface area contributed by atoms with Crippen molar-refractivity contribution in [2.24, 2.45) is 5.84 Å². The monoisotopic (exact) mass is 287 g/mol. The summed E-state index contributed by atoms with van der Waals surface area (Å²) < 4.78 is 20.8. The molecule has 114 valence electrons. The molecule has 20 heavy (non-hydrogen) atoms. The van der Waals surface area contributed by atoms with Crippen LogP contribution < -0.4 is 20.7 Å². The van der Waals surface area contributed by atoms with Crippen molar-refractivity contribution in [3.63, 3.8) is 0 Å². The first-order chi connectivity index (χ1) is 9.80. The second-order valence-electron chi connectivity index (χ2n) is 3.61. The summed E-state index contributed by atoms with van der Waals surface area (Å²) in [5, 5.41) is 0. The molecule has 0 unspecified atom stereocenters. The van der Waals surface area contributed by atoms with Crippen LogP contribution in [0.2, 0.25) is 0 Å². The first-order valence-electron chi connectivity index (χ1n) is 6.35. The topological polar surface area (TPSA) is 114 Å². The van der Waals surface area contributed by atoms with E-state index in [1.807, 2.05) is 6.92 Å². The highest BCUT2D eigenvalue weighted by atomic mass is 16.5. The fourth-order valence-electron chi connectivity index (χ4n) is 1.26. The highest BCUT2D eigenvalue weighted by Crippen LogP contribution is 2.11. The number of hydrogen-bond acceptors (Lipinski definition) is 9. The third-order valence-corrected chi connectivity index (χ3v) is 2.09. The molecular weight excluding hydrogens is 266 g/mol. The van der Waals surface area contributed by atoms with Crippen LogP contribution in [0.5, 0.6) is 12.0 Å². The number of ether oxygens (including phenoxy) is 4. The van der Waals surface area contributed by atoms with Gasteiger partial charge in [0.15, 0.2) is 0 Å². The minimum atomic E-state index is 0.136. The molecule has 9 heteroatoms. The second kappa shape index (κ2) is 10.1. The van der Waals surface area contributed by atoms with Crippen molar-refractivity contribution in [3.05, 3.63) is 0 Å². The number of anilines is 1. The quantitative estimate of drug-likeness (QED) is 0.329. The van der Waals surface area contributed by atoms with Crippen LogP contribution >= 0.6 is 0 Å². The van der Waals surface area contributed by atoms with E-state index in [-0.39, 0.29) is 18.0 Å². The molecule has 0 bridgehead atoms. The Bertz CT molecular complexity index is 380. The number of rotatable bonds is 11. The zero-order chi connectivity index (χ0) is 14.6. The number of aromatic nitrogens is 3. The first-order valence-corrected chi connectivity index (χ1v) is 6.35. The van der Waals surface area contributed by atoms with E-state index in [0.29, 0.717) is 33.0 Å². The number of nitrogens with two attached hydrogens (primary N) is 1. The Balaban J connectivity index is 2.33. The van der Waals surface area contributed by atoms with Gasteiger partial charge in [0.1, 0.15) is 6.61 Å². The maximum absolute atomic E-state index is 5.35. The van der Waals surface area contributed by atoms with Gasteiger partial charge in [0.2, 0.25) is 5.95 Å². The number of nitrogen functional groups attached to an aromatic ring is 1. The first kappa shape index (κ1) is 16.3. The molecule has 0 aliphatic rings. The summed E-state index contributed by atoms with van der Waals surface area (Å²) in [6.45, 7) is 4.33. The van der Waals surface area contributed by atoms with Gasteiger partial charge in [-0.3, -0.25) is 5.43 Å². The SMILES string of the molecule is CCOc1nc(NN)nc(OCCOCCCOC)n1. The molecule has 1 rings (SSSR count). The van der Waals surface area contributed by atoms with Crippen LogP contribution in [-0.2, 0) is 9.47 Å². The summed E-state index contributed by atoms with van der Waals surface area (Å²) in [6.07, 6.45) is 0.845. The largest absolute Gasteiger partial charge is 0.464 e. The smallest absolute Gasteiger partial charge is 0.324 e. The van der Waals surface area contributed by atoms with Crippen LogP contribution in [0.25, 0.3) is 0 Å². The van der Waals surface area contributed by atoms with E-state index in [0.717, 1.165) is 6.42 Å². The third-order valence-electron chi connectivity index (χ3n) is 2.09. The van der Waals surface area contributed by atoms with Gasteiger partial charge in [0.25, 0.3) is 0 Å². The van der Waals surface area contributed by atoms with Gasteiger partial charge in [0.05, 0.1) is 13.2 Å². The van der Waals surface area contributed by atoms with Crippen LogP contribution in [0.15, 0.2) is 0 Å². The molecule has 3 N–H and O–H groups in total. The molecule has 0 atom stereocenters. The Labute approximate surface area is 117 Å². The molecule has 9 nitrogen and oxygen atoms in total. The van der Waals surface area contributed by atoms with Gasteiger partial charge >= 0.3 is 12.0 Å². The molecular formula is C11H21N5O4. The number of methoxy groups -OCH3 is 1.